The average Bonchev–Trinajstić information content (AvgIpc) is 3.62. The normalized spacial score (nSPS) is 23.0. The number of halogens is 3. The molecule has 3 aliphatic rings. The van der Waals surface area contributed by atoms with E-state index in [2.05, 4.69) is 45.8 Å². The minimum atomic E-state index is -4.23. The Hall–Kier alpha value is -4.33. The summed E-state index contributed by atoms with van der Waals surface area (Å²) in [5.41, 5.74) is -0.601. The molecule has 1 aliphatic carbocycles. The second-order valence-electron chi connectivity index (χ2n) is 14.0. The minimum absolute atomic E-state index is 0.0719. The smallest absolute Gasteiger partial charge is 0.394 e. The summed E-state index contributed by atoms with van der Waals surface area (Å²) in [7, 11) is 0. The van der Waals surface area contributed by atoms with Crippen LogP contribution in [0.4, 0.5) is 24.8 Å². The molecule has 258 valence electrons. The van der Waals surface area contributed by atoms with Gasteiger partial charge in [-0.25, -0.2) is 14.6 Å². The maximum Gasteiger partial charge on any atom is 0.394 e. The molecule has 2 aliphatic heterocycles. The molecule has 2 fully saturated rings. The van der Waals surface area contributed by atoms with E-state index in [4.69, 9.17) is 14.7 Å². The Balaban J connectivity index is 1.18. The van der Waals surface area contributed by atoms with Crippen LogP contribution in [0.25, 0.3) is 5.82 Å². The summed E-state index contributed by atoms with van der Waals surface area (Å²) >= 11 is 1.13. The van der Waals surface area contributed by atoms with E-state index in [0.717, 1.165) is 30.5 Å². The van der Waals surface area contributed by atoms with Crippen LogP contribution >= 0.6 is 11.9 Å². The molecule has 1 saturated carbocycles. The number of alkyl halides is 3. The van der Waals surface area contributed by atoms with Gasteiger partial charge in [-0.05, 0) is 94.2 Å². The second-order valence-corrected chi connectivity index (χ2v) is 14.8. The number of rotatable bonds is 6. The van der Waals surface area contributed by atoms with Gasteiger partial charge < -0.3 is 15.0 Å². The first-order chi connectivity index (χ1) is 23.4. The van der Waals surface area contributed by atoms with Gasteiger partial charge in [-0.15, -0.1) is 5.10 Å². The van der Waals surface area contributed by atoms with Crippen molar-refractivity contribution in [3.8, 4) is 11.7 Å². The summed E-state index contributed by atoms with van der Waals surface area (Å²) in [6.45, 7) is 7.21. The van der Waals surface area contributed by atoms with Gasteiger partial charge in [0.2, 0.25) is 5.88 Å². The van der Waals surface area contributed by atoms with Crippen molar-refractivity contribution in [2.75, 3.05) is 23.4 Å². The Bertz CT molecular complexity index is 1810. The molecule has 14 heteroatoms. The number of aromatic nitrogens is 5. The molecule has 0 aromatic carbocycles. The molecule has 0 spiro atoms. The molecular formula is C35H39F3N8O2S. The molecule has 6 heterocycles. The lowest BCUT2D eigenvalue weighted by Gasteiger charge is -2.34. The van der Waals surface area contributed by atoms with Crippen molar-refractivity contribution < 1.29 is 22.7 Å². The van der Waals surface area contributed by atoms with Gasteiger partial charge in [-0.3, -0.25) is 14.5 Å². The lowest BCUT2D eigenvalue weighted by atomic mass is 9.83. The number of hydrogen-bond acceptors (Lipinski definition) is 9. The van der Waals surface area contributed by atoms with Crippen LogP contribution in [0.1, 0.15) is 75.0 Å². The van der Waals surface area contributed by atoms with E-state index in [-0.39, 0.29) is 55.2 Å². The first-order valence-electron chi connectivity index (χ1n) is 16.6. The van der Waals surface area contributed by atoms with Crippen LogP contribution in [0.3, 0.4) is 0 Å². The van der Waals surface area contributed by atoms with Gasteiger partial charge in [0.1, 0.15) is 16.7 Å². The van der Waals surface area contributed by atoms with Crippen LogP contribution in [0.15, 0.2) is 72.0 Å². The van der Waals surface area contributed by atoms with Crippen molar-refractivity contribution >= 4 is 29.5 Å². The highest BCUT2D eigenvalue weighted by molar-refractivity contribution is 7.97. The van der Waals surface area contributed by atoms with E-state index in [1.54, 1.807) is 30.6 Å². The van der Waals surface area contributed by atoms with Gasteiger partial charge >= 0.3 is 6.18 Å². The third-order valence-corrected chi connectivity index (χ3v) is 10.8. The molecule has 3 atom stereocenters. The first-order valence-corrected chi connectivity index (χ1v) is 17.4. The Morgan fingerprint density at radius 1 is 1.06 bits per heavy atom. The zero-order valence-electron chi connectivity index (χ0n) is 27.6. The maximum absolute atomic E-state index is 13.8. The largest absolute Gasteiger partial charge is 0.477 e. The number of anilines is 2. The van der Waals surface area contributed by atoms with Crippen molar-refractivity contribution in [1.29, 1.82) is 0 Å². The number of ether oxygens (including phenoxy) is 1. The molecule has 49 heavy (non-hydrogen) atoms. The minimum Gasteiger partial charge on any atom is -0.477 e. The van der Waals surface area contributed by atoms with Gasteiger partial charge in [-0.2, -0.15) is 13.2 Å². The van der Waals surface area contributed by atoms with Crippen LogP contribution in [0, 0.1) is 17.3 Å². The van der Waals surface area contributed by atoms with E-state index >= 15 is 0 Å². The predicted octanol–water partition coefficient (Wildman–Crippen LogP) is 7.40. The van der Waals surface area contributed by atoms with Crippen molar-refractivity contribution in [3.63, 3.8) is 0 Å². The Morgan fingerprint density at radius 2 is 1.90 bits per heavy atom. The predicted molar refractivity (Wildman–Crippen MR) is 181 cm³/mol. The Kier molecular flexibility index (Phi) is 8.70. The number of pyridine rings is 3. The van der Waals surface area contributed by atoms with Crippen molar-refractivity contribution in [2.24, 2.45) is 17.3 Å². The van der Waals surface area contributed by atoms with Gasteiger partial charge in [0.05, 0.1) is 29.3 Å². The van der Waals surface area contributed by atoms with Gasteiger partial charge in [0, 0.05) is 42.5 Å². The zero-order chi connectivity index (χ0) is 34.4. The number of amides is 1. The van der Waals surface area contributed by atoms with Crippen molar-refractivity contribution in [3.05, 3.63) is 78.2 Å². The van der Waals surface area contributed by atoms with E-state index in [9.17, 15) is 18.0 Å². The summed E-state index contributed by atoms with van der Waals surface area (Å²) in [4.78, 5) is 30.4. The summed E-state index contributed by atoms with van der Waals surface area (Å²) < 4.78 is 50.2. The standard InChI is InChI=1S/C35H39F3N8O2S/c1-22-19-26(25-7-4-5-16-39-25)40-27-8-6-9-30(41-27)49-44-32(47)24-10-11-28(42-31(24)45-21-23(22)20-33(45,2)3)46-17-12-29(43-46)48-18-15-34(13-14-34)35(36,37)38/h4-12,16-17,22-23,26H,13-15,18-21H2,1-3H3,(H,40,41)(H,44,47)/t22-,23-,26?/m0/s1. The van der Waals surface area contributed by atoms with E-state index < -0.39 is 11.6 Å². The van der Waals surface area contributed by atoms with E-state index in [0.29, 0.717) is 40.5 Å². The zero-order valence-corrected chi connectivity index (χ0v) is 28.4. The monoisotopic (exact) mass is 692 g/mol. The molecule has 1 saturated heterocycles. The molecule has 1 amide bonds. The first kappa shape index (κ1) is 33.2. The second kappa shape index (κ2) is 12.8. The van der Waals surface area contributed by atoms with Crippen LogP contribution < -0.4 is 19.7 Å². The van der Waals surface area contributed by atoms with Crippen LogP contribution in [0.5, 0.6) is 5.88 Å². The summed E-state index contributed by atoms with van der Waals surface area (Å²) in [5, 5.41) is 8.68. The molecule has 4 aromatic rings. The maximum atomic E-state index is 13.8. The lowest BCUT2D eigenvalue weighted by molar-refractivity contribution is -0.190. The number of hydrogen-bond donors (Lipinski definition) is 2. The SMILES string of the molecule is C[C@H]1CC(c2ccccn2)Nc2cccc(n2)SNC(=O)c2ccc(-n3ccc(OCCC4(C(F)(F)F)CC4)n3)nc2N2C[C@@H]1CC2(C)C. The van der Waals surface area contributed by atoms with Gasteiger partial charge in [0.15, 0.2) is 5.82 Å². The molecule has 4 aromatic heterocycles. The van der Waals surface area contributed by atoms with Crippen LogP contribution in [-0.2, 0) is 0 Å². The number of nitrogens with zero attached hydrogens (tertiary/aromatic N) is 6. The number of nitrogens with one attached hydrogen (secondary N) is 2. The third kappa shape index (κ3) is 6.92. The molecular weight excluding hydrogens is 653 g/mol. The highest BCUT2D eigenvalue weighted by atomic mass is 32.2. The molecule has 2 N–H and O–H groups in total. The summed E-state index contributed by atoms with van der Waals surface area (Å²) in [5.74, 6) is 2.17. The molecule has 4 bridgehead atoms. The molecule has 0 radical (unpaired) electrons. The van der Waals surface area contributed by atoms with Crippen molar-refractivity contribution in [1.82, 2.24) is 29.5 Å². The number of fused-ring (bicyclic) bond motifs is 6. The fourth-order valence-electron chi connectivity index (χ4n) is 6.97. The summed E-state index contributed by atoms with van der Waals surface area (Å²) in [6, 6.07) is 16.6. The Morgan fingerprint density at radius 3 is 2.65 bits per heavy atom. The third-order valence-electron chi connectivity index (χ3n) is 10.1. The van der Waals surface area contributed by atoms with Crippen molar-refractivity contribution in [2.45, 2.75) is 75.7 Å². The molecule has 1 unspecified atom stereocenters. The number of carbonyl (C=O) groups is 1. The van der Waals surface area contributed by atoms with Gasteiger partial charge in [0.25, 0.3) is 5.91 Å². The van der Waals surface area contributed by atoms with Gasteiger partial charge in [-0.1, -0.05) is 19.1 Å². The Labute approximate surface area is 287 Å². The quantitative estimate of drug-likeness (QED) is 0.200. The lowest BCUT2D eigenvalue weighted by Crippen LogP contribution is -2.40. The molecule has 7 rings (SSSR count). The van der Waals surface area contributed by atoms with Crippen LogP contribution in [0.2, 0.25) is 0 Å². The average molecular weight is 693 g/mol. The number of carbonyl (C=O) groups excluding carboxylic acids is 1. The topological polar surface area (TPSA) is 110 Å². The summed E-state index contributed by atoms with van der Waals surface area (Å²) in [6.07, 6.45) is 1.12. The molecule has 10 nitrogen and oxygen atoms in total. The fraction of sp³-hybridized carbons (Fsp3) is 0.457. The highest BCUT2D eigenvalue weighted by Gasteiger charge is 2.62. The van der Waals surface area contributed by atoms with Crippen LogP contribution in [-0.4, -0.2) is 55.5 Å². The van der Waals surface area contributed by atoms with E-state index in [1.807, 2.05) is 36.4 Å². The fourth-order valence-corrected chi connectivity index (χ4v) is 7.57. The highest BCUT2D eigenvalue weighted by Crippen LogP contribution is 2.59. The van der Waals surface area contributed by atoms with E-state index in [1.165, 1.54) is 4.68 Å².